The van der Waals surface area contributed by atoms with E-state index in [2.05, 4.69) is 5.32 Å². The third-order valence-corrected chi connectivity index (χ3v) is 2.02. The number of para-hydroxylation sites is 1. The summed E-state index contributed by atoms with van der Waals surface area (Å²) in [5, 5.41) is 13.3. The van der Waals surface area contributed by atoms with Gasteiger partial charge in [0.2, 0.25) is 5.91 Å². The van der Waals surface area contributed by atoms with Crippen LogP contribution in [-0.2, 0) is 9.53 Å². The molecule has 0 radical (unpaired) electrons. The molecule has 0 unspecified atom stereocenters. The maximum absolute atomic E-state index is 11.6. The topological polar surface area (TPSA) is 98.5 Å². The number of ether oxygens (including phenoxy) is 1. The Bertz CT molecular complexity index is 498. The molecule has 0 aliphatic heterocycles. The number of hydrogen-bond acceptors (Lipinski definition) is 5. The van der Waals surface area contributed by atoms with E-state index < -0.39 is 22.5 Å². The van der Waals surface area contributed by atoms with Crippen LogP contribution in [0, 0.1) is 10.1 Å². The summed E-state index contributed by atoms with van der Waals surface area (Å²) in [7, 11) is 0. The quantitative estimate of drug-likeness (QED) is 0.499. The van der Waals surface area contributed by atoms with Crippen molar-refractivity contribution < 1.29 is 19.2 Å². The molecule has 1 amide bonds. The van der Waals surface area contributed by atoms with Crippen LogP contribution >= 0.6 is 0 Å². The Morgan fingerprint density at radius 1 is 1.44 bits per heavy atom. The predicted molar refractivity (Wildman–Crippen MR) is 63.4 cm³/mol. The van der Waals surface area contributed by atoms with Gasteiger partial charge < -0.3 is 10.1 Å². The minimum Gasteiger partial charge on any atom is -0.462 e. The second kappa shape index (κ2) is 5.76. The molecule has 7 nitrogen and oxygen atoms in total. The van der Waals surface area contributed by atoms with Gasteiger partial charge in [-0.25, -0.2) is 4.79 Å². The van der Waals surface area contributed by atoms with Crippen LogP contribution in [-0.4, -0.2) is 23.4 Å². The van der Waals surface area contributed by atoms with Crippen molar-refractivity contribution in [2.45, 2.75) is 13.8 Å². The molecule has 96 valence electrons. The molecule has 1 rings (SSSR count). The first-order valence-corrected chi connectivity index (χ1v) is 5.19. The summed E-state index contributed by atoms with van der Waals surface area (Å²) in [6, 6.07) is 4.06. The number of nitro benzene ring substituents is 1. The van der Waals surface area contributed by atoms with Gasteiger partial charge in [0.05, 0.1) is 11.5 Å². The van der Waals surface area contributed by atoms with E-state index in [0.29, 0.717) is 0 Å². The fourth-order valence-corrected chi connectivity index (χ4v) is 1.40. The lowest BCUT2D eigenvalue weighted by molar-refractivity contribution is -0.384. The SMILES string of the molecule is CCOC(=O)c1cccc(NC(C)=O)c1[N+](=O)[O-]. The molecular weight excluding hydrogens is 240 g/mol. The second-order valence-electron chi connectivity index (χ2n) is 3.36. The van der Waals surface area contributed by atoms with E-state index in [4.69, 9.17) is 4.74 Å². The zero-order valence-corrected chi connectivity index (χ0v) is 9.93. The lowest BCUT2D eigenvalue weighted by Crippen LogP contribution is -2.12. The highest BCUT2D eigenvalue weighted by atomic mass is 16.6. The van der Waals surface area contributed by atoms with E-state index >= 15 is 0 Å². The fourth-order valence-electron chi connectivity index (χ4n) is 1.40. The number of hydrogen-bond donors (Lipinski definition) is 1. The van der Waals surface area contributed by atoms with Crippen molar-refractivity contribution in [2.75, 3.05) is 11.9 Å². The normalized spacial score (nSPS) is 9.67. The van der Waals surface area contributed by atoms with Crippen molar-refractivity contribution in [2.24, 2.45) is 0 Å². The third-order valence-electron chi connectivity index (χ3n) is 2.02. The molecule has 0 saturated carbocycles. The summed E-state index contributed by atoms with van der Waals surface area (Å²) in [5.41, 5.74) is -0.683. The van der Waals surface area contributed by atoms with Gasteiger partial charge in [0.25, 0.3) is 0 Å². The van der Waals surface area contributed by atoms with E-state index in [-0.39, 0.29) is 17.9 Å². The van der Waals surface area contributed by atoms with Crippen molar-refractivity contribution in [3.05, 3.63) is 33.9 Å². The molecule has 1 aromatic rings. The Labute approximate surface area is 103 Å². The lowest BCUT2D eigenvalue weighted by atomic mass is 10.1. The summed E-state index contributed by atoms with van der Waals surface area (Å²) in [6.07, 6.45) is 0. The molecule has 0 atom stereocenters. The monoisotopic (exact) mass is 252 g/mol. The van der Waals surface area contributed by atoms with Gasteiger partial charge >= 0.3 is 11.7 Å². The molecule has 0 saturated heterocycles. The summed E-state index contributed by atoms with van der Waals surface area (Å²) >= 11 is 0. The van der Waals surface area contributed by atoms with Crippen LogP contribution in [0.3, 0.4) is 0 Å². The molecule has 0 aliphatic carbocycles. The van der Waals surface area contributed by atoms with E-state index in [1.54, 1.807) is 6.92 Å². The number of carbonyl (C=O) groups excluding carboxylic acids is 2. The summed E-state index contributed by atoms with van der Waals surface area (Å²) in [4.78, 5) is 32.8. The van der Waals surface area contributed by atoms with Gasteiger partial charge in [-0.15, -0.1) is 0 Å². The Balaban J connectivity index is 3.30. The van der Waals surface area contributed by atoms with Crippen molar-refractivity contribution >= 4 is 23.3 Å². The first-order chi connectivity index (χ1) is 8.47. The largest absolute Gasteiger partial charge is 0.462 e. The summed E-state index contributed by atoms with van der Waals surface area (Å²) in [5.74, 6) is -1.25. The zero-order valence-electron chi connectivity index (χ0n) is 9.93. The van der Waals surface area contributed by atoms with E-state index in [9.17, 15) is 19.7 Å². The van der Waals surface area contributed by atoms with Crippen LogP contribution in [0.25, 0.3) is 0 Å². The van der Waals surface area contributed by atoms with Crippen LogP contribution in [0.15, 0.2) is 18.2 Å². The zero-order chi connectivity index (χ0) is 13.7. The number of rotatable bonds is 4. The number of nitrogens with one attached hydrogen (secondary N) is 1. The second-order valence-corrected chi connectivity index (χ2v) is 3.36. The molecule has 18 heavy (non-hydrogen) atoms. The van der Waals surface area contributed by atoms with Crippen LogP contribution in [0.5, 0.6) is 0 Å². The first-order valence-electron chi connectivity index (χ1n) is 5.19. The van der Waals surface area contributed by atoms with E-state index in [1.165, 1.54) is 25.1 Å². The van der Waals surface area contributed by atoms with Crippen molar-refractivity contribution in [3.63, 3.8) is 0 Å². The highest BCUT2D eigenvalue weighted by Gasteiger charge is 2.25. The van der Waals surface area contributed by atoms with Gasteiger partial charge in [0, 0.05) is 6.92 Å². The smallest absolute Gasteiger partial charge is 0.345 e. The Kier molecular flexibility index (Phi) is 4.36. The minimum absolute atomic E-state index is 0.0296. The van der Waals surface area contributed by atoms with Crippen LogP contribution < -0.4 is 5.32 Å². The number of anilines is 1. The minimum atomic E-state index is -0.795. The van der Waals surface area contributed by atoms with Crippen molar-refractivity contribution in [3.8, 4) is 0 Å². The standard InChI is InChI=1S/C11H12N2O5/c1-3-18-11(15)8-5-4-6-9(12-7(2)14)10(8)13(16)17/h4-6H,3H2,1-2H3,(H,12,14). The number of amides is 1. The maximum atomic E-state index is 11.6. The first kappa shape index (κ1) is 13.6. The van der Waals surface area contributed by atoms with Crippen LogP contribution in [0.4, 0.5) is 11.4 Å². The number of esters is 1. The number of nitro groups is 1. The van der Waals surface area contributed by atoms with Crippen LogP contribution in [0.1, 0.15) is 24.2 Å². The molecule has 1 aromatic carbocycles. The molecule has 0 heterocycles. The number of benzene rings is 1. The van der Waals surface area contributed by atoms with Gasteiger partial charge in [0.15, 0.2) is 0 Å². The van der Waals surface area contributed by atoms with Gasteiger partial charge in [-0.05, 0) is 19.1 Å². The number of nitrogens with zero attached hydrogens (tertiary/aromatic N) is 1. The van der Waals surface area contributed by atoms with Crippen molar-refractivity contribution in [1.29, 1.82) is 0 Å². The van der Waals surface area contributed by atoms with Gasteiger partial charge in [-0.3, -0.25) is 14.9 Å². The van der Waals surface area contributed by atoms with E-state index in [1.807, 2.05) is 0 Å². The van der Waals surface area contributed by atoms with Gasteiger partial charge in [0.1, 0.15) is 11.3 Å². The summed E-state index contributed by atoms with van der Waals surface area (Å²) in [6.45, 7) is 2.93. The average Bonchev–Trinajstić information content (AvgIpc) is 2.27. The van der Waals surface area contributed by atoms with Gasteiger partial charge in [-0.1, -0.05) is 6.07 Å². The van der Waals surface area contributed by atoms with Crippen LogP contribution in [0.2, 0.25) is 0 Å². The molecule has 7 heteroatoms. The Morgan fingerprint density at radius 2 is 2.11 bits per heavy atom. The fraction of sp³-hybridized carbons (Fsp3) is 0.273. The van der Waals surface area contributed by atoms with Gasteiger partial charge in [-0.2, -0.15) is 0 Å². The molecule has 0 aliphatic rings. The highest BCUT2D eigenvalue weighted by Crippen LogP contribution is 2.29. The highest BCUT2D eigenvalue weighted by molar-refractivity contribution is 6.00. The van der Waals surface area contributed by atoms with Crippen molar-refractivity contribution in [1.82, 2.24) is 0 Å². The molecule has 0 aromatic heterocycles. The average molecular weight is 252 g/mol. The predicted octanol–water partition coefficient (Wildman–Crippen LogP) is 1.73. The molecule has 1 N–H and O–H groups in total. The molecule has 0 spiro atoms. The number of carbonyl (C=O) groups is 2. The maximum Gasteiger partial charge on any atom is 0.345 e. The third kappa shape index (κ3) is 3.03. The lowest BCUT2D eigenvalue weighted by Gasteiger charge is -2.07. The van der Waals surface area contributed by atoms with E-state index in [0.717, 1.165) is 0 Å². The Morgan fingerprint density at radius 3 is 2.61 bits per heavy atom. The summed E-state index contributed by atoms with van der Waals surface area (Å²) < 4.78 is 4.72. The Hall–Kier alpha value is -2.44. The molecule has 0 fully saturated rings. The molecular formula is C11H12N2O5. The molecule has 0 bridgehead atoms.